The summed E-state index contributed by atoms with van der Waals surface area (Å²) >= 11 is 0. The molecule has 0 saturated heterocycles. The molecule has 0 atom stereocenters. The van der Waals surface area contributed by atoms with Crippen LogP contribution in [0.15, 0.2) is 170 Å². The van der Waals surface area contributed by atoms with Crippen molar-refractivity contribution < 1.29 is 13.2 Å². The molecule has 0 aliphatic heterocycles. The molecule has 272 valence electrons. The largest absolute Gasteiger partial charge is 0.416 e. The summed E-state index contributed by atoms with van der Waals surface area (Å²) < 4.78 is 46.8. The predicted molar refractivity (Wildman–Crippen MR) is 226 cm³/mol. The first kappa shape index (κ1) is 33.1. The smallest absolute Gasteiger partial charge is 0.309 e. The van der Waals surface area contributed by atoms with Gasteiger partial charge >= 0.3 is 6.18 Å². The van der Waals surface area contributed by atoms with E-state index >= 15 is 0 Å². The maximum atomic E-state index is 14.1. The van der Waals surface area contributed by atoms with Gasteiger partial charge in [0.15, 0.2) is 5.82 Å². The Morgan fingerprint density at radius 1 is 0.439 bits per heavy atom. The molecule has 0 aliphatic rings. The lowest BCUT2D eigenvalue weighted by Crippen LogP contribution is -2.06. The van der Waals surface area contributed by atoms with Crippen molar-refractivity contribution in [2.45, 2.75) is 13.1 Å². The summed E-state index contributed by atoms with van der Waals surface area (Å²) in [6, 6.07) is 56.2. The van der Waals surface area contributed by atoms with Crippen molar-refractivity contribution >= 4 is 65.3 Å². The van der Waals surface area contributed by atoms with Gasteiger partial charge in [0.2, 0.25) is 0 Å². The number of nitrogens with zero attached hydrogens (tertiary/aromatic N) is 4. The SMILES string of the molecule is Cc1cc(-c2nc(-c3ccc(-n4c5ccccc5c5ccc(-n6c7ccccc7c7ccccc76)cc54)cc3)nc3c2ccc2ccccc23)cc(C(F)(F)F)c1. The summed E-state index contributed by atoms with van der Waals surface area (Å²) in [5.74, 6) is 0.436. The molecule has 0 saturated carbocycles. The van der Waals surface area contributed by atoms with E-state index in [0.29, 0.717) is 33.5 Å². The highest BCUT2D eigenvalue weighted by molar-refractivity contribution is 6.12. The fraction of sp³-hybridized carbons (Fsp3) is 0.0400. The molecule has 0 N–H and O–H groups in total. The minimum absolute atomic E-state index is 0.396. The number of halogens is 3. The molecule has 3 aromatic heterocycles. The molecule has 0 spiro atoms. The zero-order chi connectivity index (χ0) is 38.4. The van der Waals surface area contributed by atoms with Gasteiger partial charge in [0.1, 0.15) is 0 Å². The predicted octanol–water partition coefficient (Wildman–Crippen LogP) is 13.6. The fourth-order valence-corrected chi connectivity index (χ4v) is 8.63. The Labute approximate surface area is 324 Å². The van der Waals surface area contributed by atoms with Crippen molar-refractivity contribution in [3.05, 3.63) is 181 Å². The third-order valence-corrected chi connectivity index (χ3v) is 11.1. The molecule has 0 radical (unpaired) electrons. The molecule has 0 unspecified atom stereocenters. The van der Waals surface area contributed by atoms with Crippen LogP contribution < -0.4 is 0 Å². The van der Waals surface area contributed by atoms with Crippen LogP contribution in [0.3, 0.4) is 0 Å². The highest BCUT2D eigenvalue weighted by atomic mass is 19.4. The second-order valence-corrected chi connectivity index (χ2v) is 14.6. The van der Waals surface area contributed by atoms with E-state index in [1.54, 1.807) is 13.0 Å². The van der Waals surface area contributed by atoms with Crippen LogP contribution >= 0.6 is 0 Å². The van der Waals surface area contributed by atoms with E-state index in [-0.39, 0.29) is 0 Å². The minimum Gasteiger partial charge on any atom is -0.309 e. The van der Waals surface area contributed by atoms with E-state index in [2.05, 4.69) is 112 Å². The Hall–Kier alpha value is -7.25. The lowest BCUT2D eigenvalue weighted by atomic mass is 9.98. The van der Waals surface area contributed by atoms with Gasteiger partial charge in [-0.25, -0.2) is 9.97 Å². The van der Waals surface area contributed by atoms with Crippen LogP contribution in [0.2, 0.25) is 0 Å². The lowest BCUT2D eigenvalue weighted by Gasteiger charge is -2.15. The van der Waals surface area contributed by atoms with Gasteiger partial charge in [-0.3, -0.25) is 0 Å². The Morgan fingerprint density at radius 2 is 0.982 bits per heavy atom. The molecule has 11 aromatic rings. The highest BCUT2D eigenvalue weighted by Gasteiger charge is 2.31. The number of aromatic nitrogens is 4. The van der Waals surface area contributed by atoms with Crippen LogP contribution in [0.25, 0.3) is 99.3 Å². The van der Waals surface area contributed by atoms with E-state index in [1.807, 2.05) is 48.5 Å². The Kier molecular flexibility index (Phi) is 7.19. The summed E-state index contributed by atoms with van der Waals surface area (Å²) in [7, 11) is 0. The van der Waals surface area contributed by atoms with Crippen molar-refractivity contribution in [3.63, 3.8) is 0 Å². The van der Waals surface area contributed by atoms with Gasteiger partial charge in [0, 0.05) is 54.8 Å². The number of aryl methyl sites for hydroxylation is 1. The number of rotatable bonds is 4. The number of hydrogen-bond acceptors (Lipinski definition) is 2. The topological polar surface area (TPSA) is 35.6 Å². The number of hydrogen-bond donors (Lipinski definition) is 0. The van der Waals surface area contributed by atoms with Crippen molar-refractivity contribution in [2.75, 3.05) is 0 Å². The van der Waals surface area contributed by atoms with E-state index in [1.165, 1.54) is 22.9 Å². The molecule has 8 aromatic carbocycles. The van der Waals surface area contributed by atoms with Crippen LogP contribution in [0.5, 0.6) is 0 Å². The maximum Gasteiger partial charge on any atom is 0.416 e. The number of fused-ring (bicyclic) bond motifs is 9. The first-order chi connectivity index (χ1) is 27.8. The standard InChI is InChI=1S/C50H31F3N4/c1-30-26-33(28-34(27-30)50(51,52)53)47-42-24-20-31-10-2-3-11-37(31)48(42)55-49(54-47)32-18-21-35(22-19-32)56-43-15-7-6-14-40(43)41-25-23-36(29-46(41)56)57-44-16-8-4-12-38(44)39-13-5-9-17-45(39)57/h2-29H,1H3. The zero-order valence-corrected chi connectivity index (χ0v) is 30.6. The van der Waals surface area contributed by atoms with Gasteiger partial charge in [0.05, 0.1) is 38.8 Å². The summed E-state index contributed by atoms with van der Waals surface area (Å²) in [6.45, 7) is 1.68. The summed E-state index contributed by atoms with van der Waals surface area (Å²) in [5.41, 5.74) is 8.56. The summed E-state index contributed by atoms with van der Waals surface area (Å²) in [4.78, 5) is 10.1. The van der Waals surface area contributed by atoms with Gasteiger partial charge in [-0.2, -0.15) is 13.2 Å². The molecule has 4 nitrogen and oxygen atoms in total. The molecular weight excluding hydrogens is 714 g/mol. The summed E-state index contributed by atoms with van der Waals surface area (Å²) in [5, 5.41) is 7.30. The first-order valence-electron chi connectivity index (χ1n) is 18.8. The van der Waals surface area contributed by atoms with E-state index in [4.69, 9.17) is 9.97 Å². The molecule has 0 fully saturated rings. The normalized spacial score (nSPS) is 12.2. The molecule has 11 rings (SSSR count). The molecule has 0 bridgehead atoms. The minimum atomic E-state index is -4.49. The second kappa shape index (κ2) is 12.4. The molecule has 0 amide bonds. The number of para-hydroxylation sites is 3. The van der Waals surface area contributed by atoms with E-state index < -0.39 is 11.7 Å². The van der Waals surface area contributed by atoms with E-state index in [0.717, 1.165) is 60.5 Å². The molecular formula is C50H31F3N4. The second-order valence-electron chi connectivity index (χ2n) is 14.6. The van der Waals surface area contributed by atoms with Crippen molar-refractivity contribution in [2.24, 2.45) is 0 Å². The van der Waals surface area contributed by atoms with Crippen molar-refractivity contribution in [3.8, 4) is 34.0 Å². The fourth-order valence-electron chi connectivity index (χ4n) is 8.63. The first-order valence-corrected chi connectivity index (χ1v) is 18.8. The van der Waals surface area contributed by atoms with Gasteiger partial charge in [-0.1, -0.05) is 91.0 Å². The van der Waals surface area contributed by atoms with Gasteiger partial charge in [-0.05, 0) is 96.7 Å². The zero-order valence-electron chi connectivity index (χ0n) is 30.6. The van der Waals surface area contributed by atoms with Crippen LogP contribution in [0.4, 0.5) is 13.2 Å². The monoisotopic (exact) mass is 744 g/mol. The maximum absolute atomic E-state index is 14.1. The van der Waals surface area contributed by atoms with Crippen LogP contribution in [0.1, 0.15) is 11.1 Å². The molecule has 57 heavy (non-hydrogen) atoms. The molecule has 3 heterocycles. The average Bonchev–Trinajstić information content (AvgIpc) is 3.75. The Morgan fingerprint density at radius 3 is 1.63 bits per heavy atom. The quantitative estimate of drug-likeness (QED) is 0.168. The lowest BCUT2D eigenvalue weighted by molar-refractivity contribution is -0.137. The third-order valence-electron chi connectivity index (χ3n) is 11.1. The molecule has 7 heteroatoms. The van der Waals surface area contributed by atoms with Crippen molar-refractivity contribution in [1.82, 2.24) is 19.1 Å². The third kappa shape index (κ3) is 5.23. The number of benzene rings is 8. The summed E-state index contributed by atoms with van der Waals surface area (Å²) in [6.07, 6.45) is -4.49. The van der Waals surface area contributed by atoms with E-state index in [9.17, 15) is 13.2 Å². The van der Waals surface area contributed by atoms with Crippen LogP contribution in [0, 0.1) is 6.92 Å². The van der Waals surface area contributed by atoms with Crippen LogP contribution in [-0.2, 0) is 6.18 Å². The Bertz CT molecular complexity index is 3360. The van der Waals surface area contributed by atoms with Gasteiger partial charge in [0.25, 0.3) is 0 Å². The average molecular weight is 745 g/mol. The highest BCUT2D eigenvalue weighted by Crippen LogP contribution is 2.39. The molecule has 0 aliphatic carbocycles. The Balaban J connectivity index is 1.10. The van der Waals surface area contributed by atoms with Gasteiger partial charge < -0.3 is 9.13 Å². The van der Waals surface area contributed by atoms with Crippen molar-refractivity contribution in [1.29, 1.82) is 0 Å². The van der Waals surface area contributed by atoms with Gasteiger partial charge in [-0.15, -0.1) is 0 Å². The van der Waals surface area contributed by atoms with Crippen LogP contribution in [-0.4, -0.2) is 19.1 Å². The number of alkyl halides is 3.